The van der Waals surface area contributed by atoms with Gasteiger partial charge in [0.15, 0.2) is 0 Å². The van der Waals surface area contributed by atoms with Crippen LogP contribution >= 0.6 is 0 Å². The minimum absolute atomic E-state index is 0.143. The molecule has 1 aromatic heterocycles. The van der Waals surface area contributed by atoms with Crippen molar-refractivity contribution in [2.75, 3.05) is 0 Å². The SMILES string of the molecule is Cc1ccc2[nH]c3c(c2c1)CCCC[C@@H]3C(N)=O. The second-order valence-electron chi connectivity index (χ2n) is 5.27. The summed E-state index contributed by atoms with van der Waals surface area (Å²) >= 11 is 0. The highest BCUT2D eigenvalue weighted by Gasteiger charge is 2.26. The van der Waals surface area contributed by atoms with Crippen LogP contribution in [0, 0.1) is 6.92 Å². The summed E-state index contributed by atoms with van der Waals surface area (Å²) in [5, 5.41) is 1.26. The van der Waals surface area contributed by atoms with E-state index < -0.39 is 0 Å². The summed E-state index contributed by atoms with van der Waals surface area (Å²) in [6.45, 7) is 2.10. The second-order valence-corrected chi connectivity index (χ2v) is 5.27. The molecule has 0 radical (unpaired) electrons. The van der Waals surface area contributed by atoms with Gasteiger partial charge in [0.05, 0.1) is 5.92 Å². The molecule has 2 aromatic rings. The van der Waals surface area contributed by atoms with Gasteiger partial charge in [-0.1, -0.05) is 18.1 Å². The van der Waals surface area contributed by atoms with E-state index in [1.807, 2.05) is 0 Å². The molecule has 0 bridgehead atoms. The Labute approximate surface area is 106 Å². The zero-order chi connectivity index (χ0) is 12.7. The maximum atomic E-state index is 11.6. The summed E-state index contributed by atoms with van der Waals surface area (Å²) < 4.78 is 0. The fraction of sp³-hybridized carbons (Fsp3) is 0.400. The molecule has 3 heteroatoms. The van der Waals surface area contributed by atoms with Crippen molar-refractivity contribution >= 4 is 16.8 Å². The van der Waals surface area contributed by atoms with Crippen LogP contribution in [0.2, 0.25) is 0 Å². The smallest absolute Gasteiger partial charge is 0.226 e. The molecule has 0 saturated carbocycles. The van der Waals surface area contributed by atoms with Crippen molar-refractivity contribution in [1.29, 1.82) is 0 Å². The average molecular weight is 242 g/mol. The predicted molar refractivity (Wildman–Crippen MR) is 72.5 cm³/mol. The molecule has 0 spiro atoms. The Morgan fingerprint density at radius 2 is 2.22 bits per heavy atom. The maximum Gasteiger partial charge on any atom is 0.226 e. The number of aromatic amines is 1. The first-order valence-corrected chi connectivity index (χ1v) is 6.57. The highest BCUT2D eigenvalue weighted by Crippen LogP contribution is 2.35. The van der Waals surface area contributed by atoms with Crippen LogP contribution in [0.3, 0.4) is 0 Å². The van der Waals surface area contributed by atoms with Crippen molar-refractivity contribution in [3.05, 3.63) is 35.0 Å². The Bertz CT molecular complexity index is 612. The van der Waals surface area contributed by atoms with Crippen LogP contribution in [0.5, 0.6) is 0 Å². The summed E-state index contributed by atoms with van der Waals surface area (Å²) in [5.74, 6) is -0.350. The van der Waals surface area contributed by atoms with Gasteiger partial charge in [0.2, 0.25) is 5.91 Å². The van der Waals surface area contributed by atoms with E-state index in [4.69, 9.17) is 5.73 Å². The molecule has 0 aliphatic heterocycles. The third-order valence-electron chi connectivity index (χ3n) is 3.96. The highest BCUT2D eigenvalue weighted by atomic mass is 16.1. The minimum atomic E-state index is -0.207. The molecule has 1 atom stereocenters. The Morgan fingerprint density at radius 1 is 1.39 bits per heavy atom. The number of aromatic nitrogens is 1. The number of hydrogen-bond donors (Lipinski definition) is 2. The Morgan fingerprint density at radius 3 is 3.00 bits per heavy atom. The molecule has 1 aromatic carbocycles. The molecule has 3 N–H and O–H groups in total. The first kappa shape index (κ1) is 11.3. The van der Waals surface area contributed by atoms with E-state index in [2.05, 4.69) is 30.1 Å². The van der Waals surface area contributed by atoms with Gasteiger partial charge in [-0.2, -0.15) is 0 Å². The van der Waals surface area contributed by atoms with Crippen LogP contribution in [0.1, 0.15) is 42.0 Å². The van der Waals surface area contributed by atoms with Gasteiger partial charge in [0.1, 0.15) is 0 Å². The molecule has 94 valence electrons. The number of nitrogens with one attached hydrogen (secondary N) is 1. The molecule has 1 amide bonds. The van der Waals surface area contributed by atoms with Crippen molar-refractivity contribution in [2.24, 2.45) is 5.73 Å². The third-order valence-corrected chi connectivity index (χ3v) is 3.96. The second kappa shape index (κ2) is 4.16. The normalized spacial score (nSPS) is 19.5. The largest absolute Gasteiger partial charge is 0.369 e. The minimum Gasteiger partial charge on any atom is -0.369 e. The number of amides is 1. The zero-order valence-corrected chi connectivity index (χ0v) is 10.6. The topological polar surface area (TPSA) is 58.9 Å². The number of nitrogens with two attached hydrogens (primary N) is 1. The van der Waals surface area contributed by atoms with E-state index in [0.29, 0.717) is 0 Å². The van der Waals surface area contributed by atoms with E-state index in [1.165, 1.54) is 16.5 Å². The zero-order valence-electron chi connectivity index (χ0n) is 10.6. The molecular formula is C15H18N2O. The van der Waals surface area contributed by atoms with Crippen LogP contribution in [-0.2, 0) is 11.2 Å². The van der Waals surface area contributed by atoms with Gasteiger partial charge in [-0.3, -0.25) is 4.79 Å². The Hall–Kier alpha value is -1.77. The van der Waals surface area contributed by atoms with Gasteiger partial charge in [-0.05, 0) is 43.9 Å². The summed E-state index contributed by atoms with van der Waals surface area (Å²) in [6, 6.07) is 6.39. The third kappa shape index (κ3) is 1.70. The molecule has 1 heterocycles. The summed E-state index contributed by atoms with van der Waals surface area (Å²) in [7, 11) is 0. The van der Waals surface area contributed by atoms with Crippen molar-refractivity contribution < 1.29 is 4.79 Å². The van der Waals surface area contributed by atoms with E-state index in [9.17, 15) is 4.79 Å². The average Bonchev–Trinajstić information content (AvgIpc) is 2.55. The molecule has 3 rings (SSSR count). The molecule has 0 unspecified atom stereocenters. The number of aryl methyl sites for hydroxylation is 2. The van der Waals surface area contributed by atoms with Crippen molar-refractivity contribution in [1.82, 2.24) is 4.98 Å². The number of H-pyrrole nitrogens is 1. The first-order valence-electron chi connectivity index (χ1n) is 6.57. The first-order chi connectivity index (χ1) is 8.66. The highest BCUT2D eigenvalue weighted by molar-refractivity contribution is 5.89. The van der Waals surface area contributed by atoms with E-state index in [-0.39, 0.29) is 11.8 Å². The number of carbonyl (C=O) groups is 1. The van der Waals surface area contributed by atoms with Gasteiger partial charge in [0.25, 0.3) is 0 Å². The van der Waals surface area contributed by atoms with Crippen molar-refractivity contribution in [3.8, 4) is 0 Å². The number of rotatable bonds is 1. The monoisotopic (exact) mass is 242 g/mol. The fourth-order valence-corrected chi connectivity index (χ4v) is 3.03. The quantitative estimate of drug-likeness (QED) is 0.742. The molecular weight excluding hydrogens is 224 g/mol. The van der Waals surface area contributed by atoms with Crippen LogP contribution < -0.4 is 5.73 Å². The van der Waals surface area contributed by atoms with E-state index in [1.54, 1.807) is 0 Å². The standard InChI is InChI=1S/C15H18N2O/c1-9-6-7-13-12(8-9)10-4-2-3-5-11(15(16)18)14(10)17-13/h6-8,11,17H,2-5H2,1H3,(H2,16,18)/t11-/m0/s1. The summed E-state index contributed by atoms with van der Waals surface area (Å²) in [5.41, 5.74) is 10.3. The number of benzene rings is 1. The van der Waals surface area contributed by atoms with E-state index >= 15 is 0 Å². The van der Waals surface area contributed by atoms with Crippen LogP contribution in [-0.4, -0.2) is 10.9 Å². The molecule has 18 heavy (non-hydrogen) atoms. The molecule has 1 aliphatic carbocycles. The fourth-order valence-electron chi connectivity index (χ4n) is 3.03. The van der Waals surface area contributed by atoms with Gasteiger partial charge < -0.3 is 10.7 Å². The number of hydrogen-bond acceptors (Lipinski definition) is 1. The lowest BCUT2D eigenvalue weighted by Crippen LogP contribution is -2.21. The lowest BCUT2D eigenvalue weighted by atomic mass is 9.98. The Kier molecular flexibility index (Phi) is 2.62. The predicted octanol–water partition coefficient (Wildman–Crippen LogP) is 2.77. The lowest BCUT2D eigenvalue weighted by molar-refractivity contribution is -0.119. The van der Waals surface area contributed by atoms with Gasteiger partial charge in [0, 0.05) is 16.6 Å². The lowest BCUT2D eigenvalue weighted by Gasteiger charge is -2.09. The van der Waals surface area contributed by atoms with Gasteiger partial charge in [-0.15, -0.1) is 0 Å². The molecule has 0 fully saturated rings. The summed E-state index contributed by atoms with van der Waals surface area (Å²) in [4.78, 5) is 15.0. The van der Waals surface area contributed by atoms with Crippen LogP contribution in [0.15, 0.2) is 18.2 Å². The molecule has 0 saturated heterocycles. The van der Waals surface area contributed by atoms with E-state index in [0.717, 1.165) is 36.9 Å². The van der Waals surface area contributed by atoms with Crippen molar-refractivity contribution in [2.45, 2.75) is 38.5 Å². The van der Waals surface area contributed by atoms with Crippen molar-refractivity contribution in [3.63, 3.8) is 0 Å². The van der Waals surface area contributed by atoms with Gasteiger partial charge in [-0.25, -0.2) is 0 Å². The number of fused-ring (bicyclic) bond motifs is 3. The number of carbonyl (C=O) groups excluding carboxylic acids is 1. The Balaban J connectivity index is 2.24. The number of primary amides is 1. The molecule has 1 aliphatic rings. The summed E-state index contributed by atoms with van der Waals surface area (Å²) in [6.07, 6.45) is 4.12. The maximum absolute atomic E-state index is 11.6. The van der Waals surface area contributed by atoms with Crippen LogP contribution in [0.4, 0.5) is 0 Å². The molecule has 3 nitrogen and oxygen atoms in total. The van der Waals surface area contributed by atoms with Crippen LogP contribution in [0.25, 0.3) is 10.9 Å². The van der Waals surface area contributed by atoms with Gasteiger partial charge >= 0.3 is 0 Å².